The first-order valence-corrected chi connectivity index (χ1v) is 9.32. The Kier molecular flexibility index (Phi) is 3.15. The standard InChI is InChI=1S/C20H22ClN3O2/c1-10(2)20-11(3)8-13(20)14(15-16(20)26-19(4,5)25-15)24-7-6-12-17(21)22-9-23-18(12)24/h6-7,9,13-16H,1,3,8H2,2,4-5H3/t13-,14-,15+,16+,20-/m1/s1. The average molecular weight is 372 g/mol. The lowest BCUT2D eigenvalue weighted by Crippen LogP contribution is -2.49. The number of aromatic nitrogens is 3. The van der Waals surface area contributed by atoms with Gasteiger partial charge in [-0.05, 0) is 33.3 Å². The van der Waals surface area contributed by atoms with Gasteiger partial charge in [0.25, 0.3) is 0 Å². The van der Waals surface area contributed by atoms with E-state index in [1.54, 1.807) is 0 Å². The summed E-state index contributed by atoms with van der Waals surface area (Å²) in [7, 11) is 0. The Morgan fingerprint density at radius 1 is 1.35 bits per heavy atom. The Labute approximate surface area is 157 Å². The van der Waals surface area contributed by atoms with Gasteiger partial charge in [-0.15, -0.1) is 0 Å². The van der Waals surface area contributed by atoms with Gasteiger partial charge < -0.3 is 14.0 Å². The highest BCUT2D eigenvalue weighted by Crippen LogP contribution is 2.70. The minimum absolute atomic E-state index is 0.0824. The summed E-state index contributed by atoms with van der Waals surface area (Å²) in [5.74, 6) is -0.310. The molecule has 2 saturated carbocycles. The van der Waals surface area contributed by atoms with Crippen molar-refractivity contribution in [3.05, 3.63) is 48.0 Å². The van der Waals surface area contributed by atoms with Crippen LogP contribution in [-0.2, 0) is 9.47 Å². The fourth-order valence-electron chi connectivity index (χ4n) is 5.54. The number of nitrogens with zero attached hydrogens (tertiary/aromatic N) is 3. The monoisotopic (exact) mass is 371 g/mol. The normalized spacial score (nSPS) is 37.5. The van der Waals surface area contributed by atoms with Crippen LogP contribution in [0.25, 0.3) is 11.0 Å². The van der Waals surface area contributed by atoms with Gasteiger partial charge >= 0.3 is 0 Å². The third kappa shape index (κ3) is 1.79. The van der Waals surface area contributed by atoms with Crippen LogP contribution in [-0.4, -0.2) is 32.5 Å². The van der Waals surface area contributed by atoms with Crippen molar-refractivity contribution in [3.8, 4) is 0 Å². The van der Waals surface area contributed by atoms with E-state index < -0.39 is 5.79 Å². The molecule has 0 N–H and O–H groups in total. The molecule has 5 atom stereocenters. The third-order valence-corrected chi connectivity index (χ3v) is 6.75. The van der Waals surface area contributed by atoms with E-state index in [1.165, 1.54) is 11.9 Å². The molecule has 2 aromatic heterocycles. The second kappa shape index (κ2) is 4.97. The van der Waals surface area contributed by atoms with Crippen LogP contribution in [0.2, 0.25) is 5.15 Å². The molecular formula is C20H22ClN3O2. The van der Waals surface area contributed by atoms with Crippen molar-refractivity contribution in [2.75, 3.05) is 0 Å². The van der Waals surface area contributed by atoms with Crippen molar-refractivity contribution in [3.63, 3.8) is 0 Å². The lowest BCUT2D eigenvalue weighted by atomic mass is 9.54. The van der Waals surface area contributed by atoms with Gasteiger partial charge in [0, 0.05) is 17.5 Å². The maximum absolute atomic E-state index is 6.39. The summed E-state index contributed by atoms with van der Waals surface area (Å²) in [4.78, 5) is 8.59. The van der Waals surface area contributed by atoms with E-state index >= 15 is 0 Å². The van der Waals surface area contributed by atoms with Crippen LogP contribution < -0.4 is 0 Å². The van der Waals surface area contributed by atoms with Crippen LogP contribution >= 0.6 is 11.6 Å². The molecule has 1 aliphatic heterocycles. The quantitative estimate of drug-likeness (QED) is 0.583. The predicted octanol–water partition coefficient (Wildman–Crippen LogP) is 4.30. The molecule has 3 heterocycles. The van der Waals surface area contributed by atoms with Gasteiger partial charge in [-0.3, -0.25) is 0 Å². The zero-order chi connectivity index (χ0) is 18.4. The van der Waals surface area contributed by atoms with E-state index in [0.717, 1.165) is 23.0 Å². The first kappa shape index (κ1) is 16.5. The summed E-state index contributed by atoms with van der Waals surface area (Å²) in [5, 5.41) is 1.33. The highest BCUT2D eigenvalue weighted by atomic mass is 35.5. The zero-order valence-electron chi connectivity index (χ0n) is 15.2. The lowest BCUT2D eigenvalue weighted by Gasteiger charge is -2.52. The van der Waals surface area contributed by atoms with Crippen LogP contribution in [0.5, 0.6) is 0 Å². The van der Waals surface area contributed by atoms with Crippen molar-refractivity contribution >= 4 is 22.6 Å². The SMILES string of the molecule is C=C(C)[C@@]12C(=C)C[C@@H]1[C@@H](n1ccc3c(Cl)ncnc31)[C@@H]1OC(C)(C)O[C@@H]12. The summed E-state index contributed by atoms with van der Waals surface area (Å²) >= 11 is 6.27. The Bertz CT molecular complexity index is 955. The molecule has 0 bridgehead atoms. The molecule has 0 unspecified atom stereocenters. The fourth-order valence-corrected chi connectivity index (χ4v) is 5.73. The first-order chi connectivity index (χ1) is 12.3. The zero-order valence-corrected chi connectivity index (χ0v) is 16.0. The molecule has 0 aromatic carbocycles. The molecule has 5 rings (SSSR count). The lowest BCUT2D eigenvalue weighted by molar-refractivity contribution is -0.175. The minimum atomic E-state index is -0.632. The molecule has 3 aliphatic rings. The van der Waals surface area contributed by atoms with E-state index in [1.807, 2.05) is 26.1 Å². The van der Waals surface area contributed by atoms with Gasteiger partial charge in [-0.25, -0.2) is 9.97 Å². The molecule has 2 aromatic rings. The molecule has 0 amide bonds. The molecule has 6 heteroatoms. The van der Waals surface area contributed by atoms with E-state index in [4.69, 9.17) is 21.1 Å². The van der Waals surface area contributed by atoms with E-state index in [2.05, 4.69) is 34.6 Å². The third-order valence-electron chi connectivity index (χ3n) is 6.45. The fraction of sp³-hybridized carbons (Fsp3) is 0.500. The van der Waals surface area contributed by atoms with Crippen molar-refractivity contribution in [2.45, 2.75) is 51.2 Å². The van der Waals surface area contributed by atoms with E-state index in [9.17, 15) is 0 Å². The van der Waals surface area contributed by atoms with Gasteiger partial charge in [0.05, 0.1) is 11.4 Å². The Hall–Kier alpha value is -1.69. The van der Waals surface area contributed by atoms with Crippen LogP contribution in [0.15, 0.2) is 42.9 Å². The van der Waals surface area contributed by atoms with Crippen molar-refractivity contribution in [1.82, 2.24) is 14.5 Å². The highest BCUT2D eigenvalue weighted by Gasteiger charge is 2.72. The molecular weight excluding hydrogens is 350 g/mol. The molecule has 136 valence electrons. The maximum atomic E-state index is 6.39. The van der Waals surface area contributed by atoms with Gasteiger partial charge in [0.15, 0.2) is 5.79 Å². The Morgan fingerprint density at radius 2 is 2.12 bits per heavy atom. The number of fused-ring (bicyclic) bond motifs is 4. The first-order valence-electron chi connectivity index (χ1n) is 8.94. The number of ether oxygens (including phenoxy) is 2. The number of hydrogen-bond acceptors (Lipinski definition) is 4. The Balaban J connectivity index is 1.71. The minimum Gasteiger partial charge on any atom is -0.343 e. The van der Waals surface area contributed by atoms with E-state index in [0.29, 0.717) is 11.1 Å². The molecule has 0 spiro atoms. The predicted molar refractivity (Wildman–Crippen MR) is 99.9 cm³/mol. The van der Waals surface area contributed by atoms with Crippen LogP contribution in [0.1, 0.15) is 33.2 Å². The highest BCUT2D eigenvalue weighted by molar-refractivity contribution is 6.33. The Morgan fingerprint density at radius 3 is 2.81 bits per heavy atom. The number of rotatable bonds is 2. The van der Waals surface area contributed by atoms with Gasteiger partial charge in [-0.2, -0.15) is 0 Å². The molecule has 1 saturated heterocycles. The average Bonchev–Trinajstić information content (AvgIpc) is 3.14. The summed E-state index contributed by atoms with van der Waals surface area (Å²) < 4.78 is 15.0. The van der Waals surface area contributed by atoms with Crippen LogP contribution in [0.4, 0.5) is 0 Å². The second-order valence-corrected chi connectivity index (χ2v) is 8.56. The number of halogens is 1. The smallest absolute Gasteiger partial charge is 0.163 e. The molecule has 5 nitrogen and oxygen atoms in total. The summed E-state index contributed by atoms with van der Waals surface area (Å²) in [6, 6.07) is 2.06. The van der Waals surface area contributed by atoms with Gasteiger partial charge in [0.2, 0.25) is 0 Å². The van der Waals surface area contributed by atoms with Gasteiger partial charge in [0.1, 0.15) is 29.3 Å². The largest absolute Gasteiger partial charge is 0.343 e. The van der Waals surface area contributed by atoms with Crippen molar-refractivity contribution < 1.29 is 9.47 Å². The summed E-state index contributed by atoms with van der Waals surface area (Å²) in [6.07, 6.45) is 4.32. The van der Waals surface area contributed by atoms with Gasteiger partial charge in [-0.1, -0.05) is 35.9 Å². The number of hydrogen-bond donors (Lipinski definition) is 0. The van der Waals surface area contributed by atoms with Crippen molar-refractivity contribution in [2.24, 2.45) is 11.3 Å². The molecule has 0 radical (unpaired) electrons. The summed E-state index contributed by atoms with van der Waals surface area (Å²) in [6.45, 7) is 14.7. The molecule has 3 fully saturated rings. The molecule has 26 heavy (non-hydrogen) atoms. The molecule has 2 aliphatic carbocycles. The maximum Gasteiger partial charge on any atom is 0.163 e. The van der Waals surface area contributed by atoms with Crippen LogP contribution in [0, 0.1) is 11.3 Å². The summed E-state index contributed by atoms with van der Waals surface area (Å²) in [5.41, 5.74) is 2.88. The second-order valence-electron chi connectivity index (χ2n) is 8.20. The van der Waals surface area contributed by atoms with Crippen molar-refractivity contribution in [1.29, 1.82) is 0 Å². The topological polar surface area (TPSA) is 49.2 Å². The van der Waals surface area contributed by atoms with Crippen LogP contribution in [0.3, 0.4) is 0 Å². The van der Waals surface area contributed by atoms with E-state index in [-0.39, 0.29) is 23.7 Å².